The number of rotatable bonds is 7. The maximum absolute atomic E-state index is 13.0. The molecular weight excluding hydrogens is 332 g/mol. The molecule has 6 nitrogen and oxygen atoms in total. The van der Waals surface area contributed by atoms with Gasteiger partial charge in [-0.05, 0) is 38.7 Å². The first kappa shape index (κ1) is 19.0. The summed E-state index contributed by atoms with van der Waals surface area (Å²) in [5.74, 6) is 0.796. The van der Waals surface area contributed by atoms with Crippen molar-refractivity contribution in [1.82, 2.24) is 10.2 Å². The summed E-state index contributed by atoms with van der Waals surface area (Å²) in [5, 5.41) is 3.12. The van der Waals surface area contributed by atoms with Crippen LogP contribution < -0.4 is 10.1 Å². The SMILES string of the molecule is COc1ccccc1CN(CC1CCCO1)C(=O)NC(C)C1CCCO1. The molecule has 144 valence electrons. The minimum absolute atomic E-state index is 0.00494. The number of para-hydroxylation sites is 1. The lowest BCUT2D eigenvalue weighted by Gasteiger charge is -2.29. The molecule has 3 atom stereocenters. The van der Waals surface area contributed by atoms with Crippen LogP contribution in [0.1, 0.15) is 38.2 Å². The summed E-state index contributed by atoms with van der Waals surface area (Å²) in [6.45, 7) is 4.66. The van der Waals surface area contributed by atoms with Crippen LogP contribution in [0.4, 0.5) is 4.79 Å². The zero-order chi connectivity index (χ0) is 18.4. The molecule has 3 unspecified atom stereocenters. The molecule has 1 aromatic carbocycles. The Balaban J connectivity index is 1.68. The van der Waals surface area contributed by atoms with E-state index >= 15 is 0 Å². The Kier molecular flexibility index (Phi) is 6.74. The van der Waals surface area contributed by atoms with Crippen molar-refractivity contribution in [3.63, 3.8) is 0 Å². The molecule has 2 amide bonds. The molecule has 6 heteroatoms. The summed E-state index contributed by atoms with van der Waals surface area (Å²) in [5.41, 5.74) is 0.993. The van der Waals surface area contributed by atoms with Gasteiger partial charge in [-0.15, -0.1) is 0 Å². The molecular formula is C20H30N2O4. The largest absolute Gasteiger partial charge is 0.496 e. The average molecular weight is 362 g/mol. The second-order valence-corrected chi connectivity index (χ2v) is 7.12. The number of nitrogens with one attached hydrogen (secondary N) is 1. The predicted octanol–water partition coefficient (Wildman–Crippen LogP) is 2.95. The molecule has 1 N–H and O–H groups in total. The van der Waals surface area contributed by atoms with E-state index < -0.39 is 0 Å². The van der Waals surface area contributed by atoms with Crippen LogP contribution >= 0.6 is 0 Å². The normalized spacial score (nSPS) is 23.6. The fourth-order valence-electron chi connectivity index (χ4n) is 3.67. The van der Waals surface area contributed by atoms with E-state index in [2.05, 4.69) is 5.32 Å². The van der Waals surface area contributed by atoms with Gasteiger partial charge in [0.2, 0.25) is 0 Å². The third-order valence-electron chi connectivity index (χ3n) is 5.16. The molecule has 3 rings (SSSR count). The van der Waals surface area contributed by atoms with Gasteiger partial charge in [-0.25, -0.2) is 4.79 Å². The Hall–Kier alpha value is -1.79. The molecule has 0 aromatic heterocycles. The van der Waals surface area contributed by atoms with Crippen molar-refractivity contribution >= 4 is 6.03 Å². The molecule has 0 saturated carbocycles. The first-order valence-electron chi connectivity index (χ1n) is 9.58. The topological polar surface area (TPSA) is 60.0 Å². The van der Waals surface area contributed by atoms with Gasteiger partial charge < -0.3 is 24.4 Å². The molecule has 2 aliphatic rings. The number of hydrogen-bond acceptors (Lipinski definition) is 4. The van der Waals surface area contributed by atoms with Gasteiger partial charge in [0, 0.05) is 25.3 Å². The fraction of sp³-hybridized carbons (Fsp3) is 0.650. The number of amides is 2. The summed E-state index contributed by atoms with van der Waals surface area (Å²) in [6, 6.07) is 7.75. The average Bonchev–Trinajstić information content (AvgIpc) is 3.35. The Labute approximate surface area is 155 Å². The number of benzene rings is 1. The molecule has 0 aliphatic carbocycles. The maximum Gasteiger partial charge on any atom is 0.318 e. The lowest BCUT2D eigenvalue weighted by molar-refractivity contribution is 0.0694. The minimum atomic E-state index is -0.0746. The Morgan fingerprint density at radius 3 is 2.73 bits per heavy atom. The Bertz CT molecular complexity index is 583. The number of carbonyl (C=O) groups excluding carboxylic acids is 1. The highest BCUT2D eigenvalue weighted by molar-refractivity contribution is 5.74. The molecule has 2 heterocycles. The van der Waals surface area contributed by atoms with E-state index in [1.54, 1.807) is 7.11 Å². The number of ether oxygens (including phenoxy) is 3. The molecule has 0 radical (unpaired) electrons. The minimum Gasteiger partial charge on any atom is -0.496 e. The standard InChI is InChI=1S/C20H30N2O4/c1-15(18-10-6-12-26-18)21-20(23)22(14-17-8-5-11-25-17)13-16-7-3-4-9-19(16)24-2/h3-4,7,9,15,17-18H,5-6,8,10-14H2,1-2H3,(H,21,23). The van der Waals surface area contributed by atoms with Crippen LogP contribution in [-0.2, 0) is 16.0 Å². The number of carbonyl (C=O) groups is 1. The van der Waals surface area contributed by atoms with Crippen molar-refractivity contribution in [2.24, 2.45) is 0 Å². The van der Waals surface area contributed by atoms with Crippen LogP contribution in [0.15, 0.2) is 24.3 Å². The van der Waals surface area contributed by atoms with Crippen molar-refractivity contribution < 1.29 is 19.0 Å². The lowest BCUT2D eigenvalue weighted by atomic mass is 10.1. The highest BCUT2D eigenvalue weighted by Crippen LogP contribution is 2.22. The number of hydrogen-bond donors (Lipinski definition) is 1. The van der Waals surface area contributed by atoms with Crippen LogP contribution in [0.25, 0.3) is 0 Å². The molecule has 2 fully saturated rings. The highest BCUT2D eigenvalue weighted by atomic mass is 16.5. The second kappa shape index (κ2) is 9.24. The molecule has 0 bridgehead atoms. The molecule has 0 spiro atoms. The van der Waals surface area contributed by atoms with Crippen molar-refractivity contribution in [3.05, 3.63) is 29.8 Å². The summed E-state index contributed by atoms with van der Waals surface area (Å²) < 4.78 is 16.9. The van der Waals surface area contributed by atoms with Crippen LogP contribution in [0.5, 0.6) is 5.75 Å². The van der Waals surface area contributed by atoms with E-state index in [0.717, 1.165) is 50.2 Å². The first-order valence-corrected chi connectivity index (χ1v) is 9.58. The van der Waals surface area contributed by atoms with Crippen LogP contribution in [0.2, 0.25) is 0 Å². The van der Waals surface area contributed by atoms with Gasteiger partial charge in [0.15, 0.2) is 0 Å². The summed E-state index contributed by atoms with van der Waals surface area (Å²) in [7, 11) is 1.66. The van der Waals surface area contributed by atoms with Crippen molar-refractivity contribution in [2.75, 3.05) is 26.9 Å². The van der Waals surface area contributed by atoms with Crippen molar-refractivity contribution in [2.45, 2.75) is 57.4 Å². The number of methoxy groups -OCH3 is 1. The van der Waals surface area contributed by atoms with E-state index in [1.807, 2.05) is 36.1 Å². The van der Waals surface area contributed by atoms with Crippen LogP contribution in [0.3, 0.4) is 0 Å². The van der Waals surface area contributed by atoms with Gasteiger partial charge in [-0.1, -0.05) is 18.2 Å². The Morgan fingerprint density at radius 2 is 2.04 bits per heavy atom. The number of urea groups is 1. The monoisotopic (exact) mass is 362 g/mol. The summed E-state index contributed by atoms with van der Waals surface area (Å²) in [4.78, 5) is 14.8. The van der Waals surface area contributed by atoms with Crippen LogP contribution in [0, 0.1) is 0 Å². The third kappa shape index (κ3) is 4.89. The van der Waals surface area contributed by atoms with Gasteiger partial charge in [0.1, 0.15) is 5.75 Å². The van der Waals surface area contributed by atoms with E-state index in [1.165, 1.54) is 0 Å². The van der Waals surface area contributed by atoms with Crippen LogP contribution in [-0.4, -0.2) is 56.0 Å². The third-order valence-corrected chi connectivity index (χ3v) is 5.16. The van der Waals surface area contributed by atoms with E-state index in [9.17, 15) is 4.79 Å². The van der Waals surface area contributed by atoms with Gasteiger partial charge in [0.25, 0.3) is 0 Å². The molecule has 2 aliphatic heterocycles. The van der Waals surface area contributed by atoms with E-state index in [0.29, 0.717) is 13.1 Å². The Morgan fingerprint density at radius 1 is 1.27 bits per heavy atom. The lowest BCUT2D eigenvalue weighted by Crippen LogP contribution is -2.49. The maximum atomic E-state index is 13.0. The fourth-order valence-corrected chi connectivity index (χ4v) is 3.67. The van der Waals surface area contributed by atoms with Gasteiger partial charge in [-0.2, -0.15) is 0 Å². The molecule has 1 aromatic rings. The smallest absolute Gasteiger partial charge is 0.318 e. The molecule has 26 heavy (non-hydrogen) atoms. The highest BCUT2D eigenvalue weighted by Gasteiger charge is 2.28. The van der Waals surface area contributed by atoms with E-state index in [-0.39, 0.29) is 24.3 Å². The van der Waals surface area contributed by atoms with E-state index in [4.69, 9.17) is 14.2 Å². The zero-order valence-corrected chi connectivity index (χ0v) is 15.8. The van der Waals surface area contributed by atoms with Crippen molar-refractivity contribution in [1.29, 1.82) is 0 Å². The van der Waals surface area contributed by atoms with Gasteiger partial charge in [-0.3, -0.25) is 0 Å². The summed E-state index contributed by atoms with van der Waals surface area (Å²) in [6.07, 6.45) is 4.33. The predicted molar refractivity (Wildman–Crippen MR) is 99.3 cm³/mol. The zero-order valence-electron chi connectivity index (χ0n) is 15.8. The first-order chi connectivity index (χ1) is 12.7. The van der Waals surface area contributed by atoms with Gasteiger partial charge >= 0.3 is 6.03 Å². The summed E-state index contributed by atoms with van der Waals surface area (Å²) >= 11 is 0. The molecule has 2 saturated heterocycles. The number of nitrogens with zero attached hydrogens (tertiary/aromatic N) is 1. The van der Waals surface area contributed by atoms with Gasteiger partial charge in [0.05, 0.1) is 31.9 Å². The van der Waals surface area contributed by atoms with Crippen molar-refractivity contribution in [3.8, 4) is 5.75 Å². The second-order valence-electron chi connectivity index (χ2n) is 7.12. The quantitative estimate of drug-likeness (QED) is 0.810.